The minimum absolute atomic E-state index is 0.0993. The van der Waals surface area contributed by atoms with E-state index in [0.29, 0.717) is 49.5 Å². The predicted octanol–water partition coefficient (Wildman–Crippen LogP) is 2.41. The quantitative estimate of drug-likeness (QED) is 0.452. The predicted molar refractivity (Wildman–Crippen MR) is 124 cm³/mol. The molecule has 0 unspecified atom stereocenters. The maximum Gasteiger partial charge on any atom is 0.281 e. The number of sulfonamides is 1. The van der Waals surface area contributed by atoms with Crippen LogP contribution in [-0.2, 0) is 22.3 Å². The normalized spacial score (nSPS) is 15.7. The van der Waals surface area contributed by atoms with Crippen molar-refractivity contribution in [3.8, 4) is 0 Å². The fourth-order valence-electron chi connectivity index (χ4n) is 4.28. The van der Waals surface area contributed by atoms with Crippen LogP contribution in [0.3, 0.4) is 0 Å². The lowest BCUT2D eigenvalue weighted by Crippen LogP contribution is -2.39. The Hall–Kier alpha value is -3.44. The first kappa shape index (κ1) is 22.4. The fourth-order valence-corrected chi connectivity index (χ4v) is 5.83. The molecule has 1 fully saturated rings. The number of fused-ring (bicyclic) bond motifs is 1. The number of aromatic amines is 1. The van der Waals surface area contributed by atoms with Crippen LogP contribution in [0.5, 0.6) is 0 Å². The maximum absolute atomic E-state index is 13.4. The Labute approximate surface area is 195 Å². The summed E-state index contributed by atoms with van der Waals surface area (Å²) in [6.07, 6.45) is 1.02. The average Bonchev–Trinajstić information content (AvgIpc) is 3.23. The molecule has 176 valence electrons. The van der Waals surface area contributed by atoms with Crippen LogP contribution in [0.2, 0.25) is 0 Å². The van der Waals surface area contributed by atoms with Crippen molar-refractivity contribution in [1.29, 1.82) is 0 Å². The molecule has 4 aromatic rings. The molecule has 0 bridgehead atoms. The SMILES string of the molecule is O=c1[nH]c(C2CCN(S(=O)(=O)Cc3cccc(F)c3)CC2)nc2c1nnn2Cc1ccccc1. The summed E-state index contributed by atoms with van der Waals surface area (Å²) in [4.78, 5) is 20.1. The molecular weight excluding hydrogens is 459 g/mol. The lowest BCUT2D eigenvalue weighted by atomic mass is 9.97. The zero-order valence-electron chi connectivity index (χ0n) is 18.3. The molecule has 0 radical (unpaired) electrons. The molecule has 1 saturated heterocycles. The highest BCUT2D eigenvalue weighted by atomic mass is 32.2. The van der Waals surface area contributed by atoms with Gasteiger partial charge in [-0.2, -0.15) is 0 Å². The van der Waals surface area contributed by atoms with Gasteiger partial charge in [0.15, 0.2) is 11.2 Å². The summed E-state index contributed by atoms with van der Waals surface area (Å²) < 4.78 is 42.1. The van der Waals surface area contributed by atoms with Crippen LogP contribution >= 0.6 is 0 Å². The number of aromatic nitrogens is 5. The molecule has 0 saturated carbocycles. The average molecular weight is 483 g/mol. The Bertz CT molecular complexity index is 1480. The van der Waals surface area contributed by atoms with Gasteiger partial charge in [0.2, 0.25) is 10.0 Å². The number of piperidine rings is 1. The number of benzene rings is 2. The molecule has 1 aliphatic rings. The molecule has 2 aromatic heterocycles. The van der Waals surface area contributed by atoms with E-state index in [1.807, 2.05) is 30.3 Å². The van der Waals surface area contributed by atoms with Crippen molar-refractivity contribution < 1.29 is 12.8 Å². The van der Waals surface area contributed by atoms with E-state index in [1.165, 1.54) is 22.5 Å². The van der Waals surface area contributed by atoms with Gasteiger partial charge in [-0.3, -0.25) is 4.79 Å². The number of hydrogen-bond donors (Lipinski definition) is 1. The van der Waals surface area contributed by atoms with Crippen LogP contribution in [-0.4, -0.2) is 50.8 Å². The zero-order chi connectivity index (χ0) is 23.7. The number of nitrogens with zero attached hydrogens (tertiary/aromatic N) is 5. The lowest BCUT2D eigenvalue weighted by molar-refractivity contribution is 0.313. The van der Waals surface area contributed by atoms with E-state index in [-0.39, 0.29) is 22.7 Å². The van der Waals surface area contributed by atoms with Crippen molar-refractivity contribution in [2.24, 2.45) is 0 Å². The summed E-state index contributed by atoms with van der Waals surface area (Å²) in [5.74, 6) is -0.298. The van der Waals surface area contributed by atoms with E-state index in [1.54, 1.807) is 10.7 Å². The topological polar surface area (TPSA) is 114 Å². The Morgan fingerprint density at radius 2 is 1.76 bits per heavy atom. The van der Waals surface area contributed by atoms with Gasteiger partial charge in [-0.1, -0.05) is 47.7 Å². The van der Waals surface area contributed by atoms with E-state index in [0.717, 1.165) is 5.56 Å². The van der Waals surface area contributed by atoms with Crippen LogP contribution < -0.4 is 5.56 Å². The van der Waals surface area contributed by atoms with Crippen molar-refractivity contribution >= 4 is 21.2 Å². The minimum atomic E-state index is -3.58. The van der Waals surface area contributed by atoms with Gasteiger partial charge in [0.05, 0.1) is 12.3 Å². The highest BCUT2D eigenvalue weighted by molar-refractivity contribution is 7.88. The largest absolute Gasteiger partial charge is 0.308 e. The summed E-state index contributed by atoms with van der Waals surface area (Å²) in [5.41, 5.74) is 1.64. The van der Waals surface area contributed by atoms with Crippen LogP contribution in [0.15, 0.2) is 59.4 Å². The molecule has 5 rings (SSSR count). The molecule has 2 aromatic carbocycles. The van der Waals surface area contributed by atoms with Crippen LogP contribution in [0.4, 0.5) is 4.39 Å². The third kappa shape index (κ3) is 4.62. The highest BCUT2D eigenvalue weighted by Gasteiger charge is 2.30. The number of halogens is 1. The van der Waals surface area contributed by atoms with E-state index in [9.17, 15) is 17.6 Å². The van der Waals surface area contributed by atoms with Crippen molar-refractivity contribution in [3.05, 3.63) is 87.7 Å². The van der Waals surface area contributed by atoms with Crippen molar-refractivity contribution in [2.75, 3.05) is 13.1 Å². The van der Waals surface area contributed by atoms with Gasteiger partial charge in [0, 0.05) is 19.0 Å². The van der Waals surface area contributed by atoms with Gasteiger partial charge in [0.25, 0.3) is 5.56 Å². The highest BCUT2D eigenvalue weighted by Crippen LogP contribution is 2.28. The molecule has 1 aliphatic heterocycles. The summed E-state index contributed by atoms with van der Waals surface area (Å²) in [6.45, 7) is 1.03. The molecule has 9 nitrogen and oxygen atoms in total. The molecule has 3 heterocycles. The third-order valence-corrected chi connectivity index (χ3v) is 7.89. The smallest absolute Gasteiger partial charge is 0.281 e. The second-order valence-electron chi connectivity index (χ2n) is 8.42. The summed E-state index contributed by atoms with van der Waals surface area (Å²) >= 11 is 0. The summed E-state index contributed by atoms with van der Waals surface area (Å²) in [6, 6.07) is 15.3. The standard InChI is InChI=1S/C23H23FN6O3S/c24-19-8-4-7-17(13-19)15-34(32,33)29-11-9-18(10-12-29)21-25-22-20(23(31)26-21)27-28-30(22)14-16-5-2-1-3-6-16/h1-8,13,18H,9-12,14-15H2,(H,25,26,31). The number of hydrogen-bond acceptors (Lipinski definition) is 6. The van der Waals surface area contributed by atoms with E-state index in [2.05, 4.69) is 20.3 Å². The second-order valence-corrected chi connectivity index (χ2v) is 10.4. The fraction of sp³-hybridized carbons (Fsp3) is 0.304. The number of nitrogens with one attached hydrogen (secondary N) is 1. The van der Waals surface area contributed by atoms with E-state index < -0.39 is 15.8 Å². The Morgan fingerprint density at radius 1 is 1.03 bits per heavy atom. The van der Waals surface area contributed by atoms with E-state index in [4.69, 9.17) is 0 Å². The third-order valence-electron chi connectivity index (χ3n) is 6.04. The Balaban J connectivity index is 1.32. The van der Waals surface area contributed by atoms with Gasteiger partial charge >= 0.3 is 0 Å². The Morgan fingerprint density at radius 3 is 2.50 bits per heavy atom. The second kappa shape index (κ2) is 9.07. The van der Waals surface area contributed by atoms with Crippen LogP contribution in [0.1, 0.15) is 35.7 Å². The van der Waals surface area contributed by atoms with Gasteiger partial charge in [-0.25, -0.2) is 26.8 Å². The van der Waals surface area contributed by atoms with Crippen LogP contribution in [0, 0.1) is 5.82 Å². The van der Waals surface area contributed by atoms with Gasteiger partial charge in [-0.15, -0.1) is 5.10 Å². The number of rotatable bonds is 6. The zero-order valence-corrected chi connectivity index (χ0v) is 19.1. The molecule has 0 amide bonds. The lowest BCUT2D eigenvalue weighted by Gasteiger charge is -2.30. The first-order chi connectivity index (χ1) is 16.4. The molecule has 34 heavy (non-hydrogen) atoms. The van der Waals surface area contributed by atoms with Crippen molar-refractivity contribution in [2.45, 2.75) is 31.1 Å². The van der Waals surface area contributed by atoms with E-state index >= 15 is 0 Å². The minimum Gasteiger partial charge on any atom is -0.308 e. The van der Waals surface area contributed by atoms with Crippen molar-refractivity contribution in [1.82, 2.24) is 29.3 Å². The molecule has 0 atom stereocenters. The van der Waals surface area contributed by atoms with Gasteiger partial charge in [-0.05, 0) is 36.1 Å². The monoisotopic (exact) mass is 482 g/mol. The van der Waals surface area contributed by atoms with Gasteiger partial charge in [0.1, 0.15) is 11.6 Å². The molecule has 11 heteroatoms. The molecule has 0 aliphatic carbocycles. The summed E-state index contributed by atoms with van der Waals surface area (Å²) in [7, 11) is -3.58. The van der Waals surface area contributed by atoms with Crippen molar-refractivity contribution in [3.63, 3.8) is 0 Å². The molecule has 1 N–H and O–H groups in total. The first-order valence-corrected chi connectivity index (χ1v) is 12.6. The van der Waals surface area contributed by atoms with Gasteiger partial charge < -0.3 is 4.98 Å². The van der Waals surface area contributed by atoms with Crippen LogP contribution in [0.25, 0.3) is 11.2 Å². The summed E-state index contributed by atoms with van der Waals surface area (Å²) in [5, 5.41) is 8.08. The number of H-pyrrole nitrogens is 1. The Kier molecular flexibility index (Phi) is 5.96. The molecular formula is C23H23FN6O3S. The first-order valence-electron chi connectivity index (χ1n) is 11.0. The molecule has 0 spiro atoms. The maximum atomic E-state index is 13.4.